The van der Waals surface area contributed by atoms with E-state index in [0.717, 1.165) is 16.7 Å². The van der Waals surface area contributed by atoms with Gasteiger partial charge in [0.2, 0.25) is 10.0 Å². The van der Waals surface area contributed by atoms with Crippen LogP contribution in [0.4, 0.5) is 0 Å². The number of phenolic OH excluding ortho intramolecular Hbond substituents is 1. The molecule has 128 valence electrons. The largest absolute Gasteiger partial charge is 0.508 e. The molecule has 1 unspecified atom stereocenters. The molecule has 0 heterocycles. The van der Waals surface area contributed by atoms with Gasteiger partial charge >= 0.3 is 0 Å². The molecule has 24 heavy (non-hydrogen) atoms. The Morgan fingerprint density at radius 2 is 1.71 bits per heavy atom. The van der Waals surface area contributed by atoms with Gasteiger partial charge in [0.25, 0.3) is 0 Å². The Balaban J connectivity index is 1.87. The van der Waals surface area contributed by atoms with Gasteiger partial charge in [-0.15, -0.1) is 0 Å². The summed E-state index contributed by atoms with van der Waals surface area (Å²) < 4.78 is 28.7. The Bertz CT molecular complexity index is 866. The van der Waals surface area contributed by atoms with E-state index in [4.69, 9.17) is 0 Å². The van der Waals surface area contributed by atoms with E-state index in [0.29, 0.717) is 17.7 Å². The third-order valence-corrected chi connectivity index (χ3v) is 6.01. The maximum absolute atomic E-state index is 12.9. The minimum absolute atomic E-state index is 0.181. The summed E-state index contributed by atoms with van der Waals surface area (Å²) in [5.41, 5.74) is 2.65. The number of nitrogens with one attached hydrogen (secondary N) is 1. The van der Waals surface area contributed by atoms with Crippen LogP contribution in [-0.2, 0) is 28.3 Å². The highest BCUT2D eigenvalue weighted by Crippen LogP contribution is 2.30. The van der Waals surface area contributed by atoms with Crippen LogP contribution in [-0.4, -0.2) is 19.6 Å². The molecule has 4 nitrogen and oxygen atoms in total. The van der Waals surface area contributed by atoms with Gasteiger partial charge in [0.05, 0.1) is 4.90 Å². The molecule has 2 aromatic carbocycles. The number of fused-ring (bicyclic) bond motifs is 1. The molecule has 0 aromatic heterocycles. The van der Waals surface area contributed by atoms with Gasteiger partial charge in [0.1, 0.15) is 5.75 Å². The van der Waals surface area contributed by atoms with Gasteiger partial charge in [0.15, 0.2) is 0 Å². The summed E-state index contributed by atoms with van der Waals surface area (Å²) in [5.74, 6) is 0.218. The van der Waals surface area contributed by atoms with Gasteiger partial charge in [-0.2, -0.15) is 0 Å². The van der Waals surface area contributed by atoms with Crippen molar-refractivity contribution in [2.45, 2.75) is 50.0 Å². The molecular formula is C19H23NO3S. The molecule has 5 heteroatoms. The average molecular weight is 345 g/mol. The monoisotopic (exact) mass is 345 g/mol. The first-order valence-electron chi connectivity index (χ1n) is 8.09. The molecule has 3 rings (SSSR count). The van der Waals surface area contributed by atoms with E-state index >= 15 is 0 Å². The standard InChI is InChI=1S/C19H23NO3S/c1-19(2,3)17-6-4-5-7-18(17)24(22,23)20-15-10-13-8-9-16(21)12-14(13)11-15/h4-9,12,15,20-21H,10-11H2,1-3H3. The number of hydrogen-bond donors (Lipinski definition) is 2. The molecule has 2 aromatic rings. The van der Waals surface area contributed by atoms with E-state index in [1.807, 2.05) is 39.0 Å². The van der Waals surface area contributed by atoms with Crippen molar-refractivity contribution in [1.29, 1.82) is 0 Å². The van der Waals surface area contributed by atoms with Crippen molar-refractivity contribution in [3.8, 4) is 5.75 Å². The number of sulfonamides is 1. The minimum atomic E-state index is -3.60. The van der Waals surface area contributed by atoms with Crippen LogP contribution in [0.5, 0.6) is 5.75 Å². The smallest absolute Gasteiger partial charge is 0.241 e. The van der Waals surface area contributed by atoms with Crippen LogP contribution in [0.1, 0.15) is 37.5 Å². The Labute approximate surface area is 143 Å². The van der Waals surface area contributed by atoms with Gasteiger partial charge in [0, 0.05) is 6.04 Å². The van der Waals surface area contributed by atoms with Crippen molar-refractivity contribution < 1.29 is 13.5 Å². The molecule has 0 saturated carbocycles. The predicted molar refractivity (Wildman–Crippen MR) is 94.8 cm³/mol. The topological polar surface area (TPSA) is 66.4 Å². The first-order valence-corrected chi connectivity index (χ1v) is 9.58. The van der Waals surface area contributed by atoms with E-state index < -0.39 is 10.0 Å². The first kappa shape index (κ1) is 17.0. The summed E-state index contributed by atoms with van der Waals surface area (Å²) in [4.78, 5) is 0.344. The molecular weight excluding hydrogens is 322 g/mol. The van der Waals surface area contributed by atoms with Crippen LogP contribution >= 0.6 is 0 Å². The third-order valence-electron chi connectivity index (χ3n) is 4.43. The van der Waals surface area contributed by atoms with Gasteiger partial charge in [-0.1, -0.05) is 45.0 Å². The van der Waals surface area contributed by atoms with Crippen molar-refractivity contribution in [3.05, 3.63) is 59.2 Å². The zero-order valence-corrected chi connectivity index (χ0v) is 15.0. The highest BCUT2D eigenvalue weighted by molar-refractivity contribution is 7.89. The molecule has 0 bridgehead atoms. The van der Waals surface area contributed by atoms with Gasteiger partial charge in [-0.3, -0.25) is 0 Å². The summed E-state index contributed by atoms with van der Waals surface area (Å²) >= 11 is 0. The normalized spacial score (nSPS) is 17.7. The lowest BCUT2D eigenvalue weighted by Crippen LogP contribution is -2.36. The molecule has 0 amide bonds. The zero-order chi connectivity index (χ0) is 17.5. The van der Waals surface area contributed by atoms with Gasteiger partial charge in [-0.05, 0) is 53.1 Å². The van der Waals surface area contributed by atoms with E-state index in [1.165, 1.54) is 0 Å². The van der Waals surface area contributed by atoms with E-state index in [9.17, 15) is 13.5 Å². The summed E-state index contributed by atoms with van der Waals surface area (Å²) in [6, 6.07) is 12.2. The fourth-order valence-electron chi connectivity index (χ4n) is 3.29. The lowest BCUT2D eigenvalue weighted by atomic mass is 9.87. The fourth-order valence-corrected chi connectivity index (χ4v) is 4.95. The van der Waals surface area contributed by atoms with Gasteiger partial charge < -0.3 is 5.11 Å². The molecule has 1 atom stereocenters. The Morgan fingerprint density at radius 1 is 1.04 bits per heavy atom. The van der Waals surface area contributed by atoms with Crippen LogP contribution in [0.25, 0.3) is 0 Å². The van der Waals surface area contributed by atoms with Crippen LogP contribution in [0.3, 0.4) is 0 Å². The first-order chi connectivity index (χ1) is 11.2. The second-order valence-electron chi connectivity index (χ2n) is 7.43. The Kier molecular flexibility index (Phi) is 4.18. The lowest BCUT2D eigenvalue weighted by molar-refractivity contribution is 0.474. The number of hydrogen-bond acceptors (Lipinski definition) is 3. The molecule has 0 radical (unpaired) electrons. The summed E-state index contributed by atoms with van der Waals surface area (Å²) in [6.07, 6.45) is 1.24. The Hall–Kier alpha value is -1.85. The second kappa shape index (κ2) is 5.90. The molecule has 2 N–H and O–H groups in total. The molecule has 0 aliphatic heterocycles. The lowest BCUT2D eigenvalue weighted by Gasteiger charge is -2.23. The van der Waals surface area contributed by atoms with Crippen LogP contribution in [0.15, 0.2) is 47.4 Å². The SMILES string of the molecule is CC(C)(C)c1ccccc1S(=O)(=O)NC1Cc2ccc(O)cc2C1. The number of benzene rings is 2. The van der Waals surface area contributed by atoms with E-state index in [2.05, 4.69) is 4.72 Å². The van der Waals surface area contributed by atoms with Crippen LogP contribution in [0, 0.1) is 0 Å². The average Bonchev–Trinajstić information content (AvgIpc) is 2.87. The third kappa shape index (κ3) is 3.32. The van der Waals surface area contributed by atoms with Crippen molar-refractivity contribution in [3.63, 3.8) is 0 Å². The number of rotatable bonds is 3. The minimum Gasteiger partial charge on any atom is -0.508 e. The van der Waals surface area contributed by atoms with Crippen molar-refractivity contribution in [2.75, 3.05) is 0 Å². The van der Waals surface area contributed by atoms with E-state index in [1.54, 1.807) is 24.3 Å². The predicted octanol–water partition coefficient (Wildman–Crippen LogP) is 3.14. The Morgan fingerprint density at radius 3 is 2.42 bits per heavy atom. The summed E-state index contributed by atoms with van der Waals surface area (Å²) in [7, 11) is -3.60. The fraction of sp³-hybridized carbons (Fsp3) is 0.368. The quantitative estimate of drug-likeness (QED) is 0.898. The molecule has 1 aliphatic rings. The molecule has 1 aliphatic carbocycles. The summed E-state index contributed by atoms with van der Waals surface area (Å²) in [6.45, 7) is 6.03. The number of phenols is 1. The molecule has 0 spiro atoms. The van der Waals surface area contributed by atoms with Crippen LogP contribution < -0.4 is 4.72 Å². The second-order valence-corrected chi connectivity index (χ2v) is 9.11. The molecule has 0 fully saturated rings. The molecule has 0 saturated heterocycles. The maximum atomic E-state index is 12.9. The van der Waals surface area contributed by atoms with Gasteiger partial charge in [-0.25, -0.2) is 13.1 Å². The zero-order valence-electron chi connectivity index (χ0n) is 14.2. The number of aromatic hydroxyl groups is 1. The summed E-state index contributed by atoms with van der Waals surface area (Å²) in [5, 5.41) is 9.58. The highest BCUT2D eigenvalue weighted by atomic mass is 32.2. The van der Waals surface area contributed by atoms with Crippen molar-refractivity contribution in [2.24, 2.45) is 0 Å². The maximum Gasteiger partial charge on any atom is 0.241 e. The van der Waals surface area contributed by atoms with E-state index in [-0.39, 0.29) is 17.2 Å². The van der Waals surface area contributed by atoms with Crippen LogP contribution in [0.2, 0.25) is 0 Å². The highest BCUT2D eigenvalue weighted by Gasteiger charge is 2.30. The van der Waals surface area contributed by atoms with Crippen molar-refractivity contribution in [1.82, 2.24) is 4.72 Å². The van der Waals surface area contributed by atoms with Crippen molar-refractivity contribution >= 4 is 10.0 Å².